The molecule has 0 aliphatic heterocycles. The van der Waals surface area contributed by atoms with Crippen LogP contribution in [0.3, 0.4) is 0 Å². The molecule has 1 N–H and O–H groups in total. The van der Waals surface area contributed by atoms with E-state index < -0.39 is 0 Å². The van der Waals surface area contributed by atoms with Gasteiger partial charge in [-0.25, -0.2) is 4.79 Å². The van der Waals surface area contributed by atoms with E-state index in [4.69, 9.17) is 4.74 Å². The fraction of sp³-hybridized carbons (Fsp3) is 0.182. The fourth-order valence-electron chi connectivity index (χ4n) is 1.51. The number of rotatable bonds is 2. The average molecular weight is 228 g/mol. The average Bonchev–Trinajstić information content (AvgIpc) is 2.59. The number of hydrogen-bond acceptors (Lipinski definition) is 2. The number of ether oxygens (including phenoxy) is 1. The van der Waals surface area contributed by atoms with Gasteiger partial charge in [0, 0.05) is 11.9 Å². The summed E-state index contributed by atoms with van der Waals surface area (Å²) in [5, 5.41) is 0. The number of nitrogens with one attached hydrogen (secondary N) is 1. The molecule has 0 fully saturated rings. The Kier molecular flexibility index (Phi) is 4.41. The van der Waals surface area contributed by atoms with Crippen molar-refractivity contribution in [1.29, 1.82) is 0 Å². The monoisotopic (exact) mass is 228 g/mol. The third-order valence-electron chi connectivity index (χ3n) is 2.29. The molecule has 0 spiro atoms. The van der Waals surface area contributed by atoms with E-state index in [0.29, 0.717) is 0 Å². The molecular weight excluding hydrogens is 215 g/mol. The maximum atomic E-state index is 11.5. The van der Waals surface area contributed by atoms with Crippen LogP contribution >= 0.6 is 0 Å². The van der Waals surface area contributed by atoms with Gasteiger partial charge in [-0.05, 0) is 31.2 Å². The van der Waals surface area contributed by atoms with Gasteiger partial charge in [0.05, 0.1) is 12.8 Å². The molecule has 0 saturated heterocycles. The molecule has 0 aliphatic carbocycles. The zero-order valence-electron chi connectivity index (χ0n) is 8.65. The van der Waals surface area contributed by atoms with Gasteiger partial charge in [-0.15, -0.1) is 0 Å². The van der Waals surface area contributed by atoms with Crippen molar-refractivity contribution in [2.75, 3.05) is 7.11 Å². The second-order valence-corrected chi connectivity index (χ2v) is 3.27. The van der Waals surface area contributed by atoms with E-state index in [9.17, 15) is 4.79 Å². The van der Waals surface area contributed by atoms with Gasteiger partial charge in [0.15, 0.2) is 0 Å². The molecule has 0 amide bonds. The van der Waals surface area contributed by atoms with Gasteiger partial charge in [-0.3, -0.25) is 4.57 Å². The van der Waals surface area contributed by atoms with E-state index in [2.05, 4.69) is 4.98 Å². The van der Waals surface area contributed by atoms with Crippen molar-refractivity contribution in [3.8, 4) is 11.4 Å². The number of imidazole rings is 1. The second-order valence-electron chi connectivity index (χ2n) is 3.27. The summed E-state index contributed by atoms with van der Waals surface area (Å²) in [7, 11) is 1.61. The molecule has 2 rings (SSSR count). The topological polar surface area (TPSA) is 47.0 Å². The van der Waals surface area contributed by atoms with Gasteiger partial charge < -0.3 is 9.72 Å². The molecule has 1 heterocycles. The van der Waals surface area contributed by atoms with Crippen molar-refractivity contribution in [3.05, 3.63) is 46.6 Å². The molecule has 2 aromatic rings. The van der Waals surface area contributed by atoms with Crippen LogP contribution in [0.2, 0.25) is 0 Å². The van der Waals surface area contributed by atoms with Gasteiger partial charge in [0.25, 0.3) is 0 Å². The van der Waals surface area contributed by atoms with Crippen molar-refractivity contribution in [3.63, 3.8) is 0 Å². The first kappa shape index (κ1) is 13.1. The van der Waals surface area contributed by atoms with Gasteiger partial charge >= 0.3 is 35.2 Å². The quantitative estimate of drug-likeness (QED) is 0.774. The van der Waals surface area contributed by atoms with Crippen molar-refractivity contribution in [2.45, 2.75) is 6.92 Å². The summed E-state index contributed by atoms with van der Waals surface area (Å²) in [5.41, 5.74) is 1.59. The first-order valence-corrected chi connectivity index (χ1v) is 4.64. The molecule has 16 heavy (non-hydrogen) atoms. The molecule has 1 aromatic heterocycles. The summed E-state index contributed by atoms with van der Waals surface area (Å²) in [4.78, 5) is 14.1. The Labute approximate surface area is 116 Å². The standard InChI is InChI=1S/C11H12N2O2.Na.H/c1-8-7-12-11(14)13(8)9-3-5-10(15-2)6-4-9;;/h3-7H,1-2H3,(H,12,14);;. The van der Waals surface area contributed by atoms with E-state index in [1.807, 2.05) is 31.2 Å². The normalized spacial score (nSPS) is 9.62. The van der Waals surface area contributed by atoms with E-state index >= 15 is 0 Å². The Balaban J connectivity index is 0.00000128. The number of hydrogen-bond donors (Lipinski definition) is 1. The van der Waals surface area contributed by atoms with Crippen LogP contribution in [0.15, 0.2) is 35.3 Å². The molecule has 1 aromatic carbocycles. The van der Waals surface area contributed by atoms with E-state index in [-0.39, 0.29) is 35.2 Å². The number of methoxy groups -OCH3 is 1. The van der Waals surface area contributed by atoms with Crippen LogP contribution < -0.4 is 10.4 Å². The summed E-state index contributed by atoms with van der Waals surface area (Å²) in [6, 6.07) is 7.35. The predicted molar refractivity (Wildman–Crippen MR) is 64.8 cm³/mol. The summed E-state index contributed by atoms with van der Waals surface area (Å²) in [5.74, 6) is 0.778. The molecule has 80 valence electrons. The van der Waals surface area contributed by atoms with E-state index in [1.165, 1.54) is 0 Å². The predicted octanol–water partition coefficient (Wildman–Crippen LogP) is 0.834. The van der Waals surface area contributed by atoms with Crippen LogP contribution in [0.5, 0.6) is 5.75 Å². The molecule has 0 atom stereocenters. The SMILES string of the molecule is COc1ccc(-n2c(C)c[nH]c2=O)cc1.[NaH]. The van der Waals surface area contributed by atoms with Gasteiger partial charge in [0.1, 0.15) is 5.75 Å². The van der Waals surface area contributed by atoms with Crippen LogP contribution in [0.1, 0.15) is 5.69 Å². The molecule has 5 heteroatoms. The van der Waals surface area contributed by atoms with Crippen LogP contribution in [-0.2, 0) is 0 Å². The minimum absolute atomic E-state index is 0. The Hall–Kier alpha value is -0.970. The third kappa shape index (κ3) is 2.40. The molecule has 4 nitrogen and oxygen atoms in total. The number of H-pyrrole nitrogens is 1. The maximum absolute atomic E-state index is 11.5. The first-order valence-electron chi connectivity index (χ1n) is 4.64. The van der Waals surface area contributed by atoms with Gasteiger partial charge in [0.2, 0.25) is 0 Å². The molecule has 0 aliphatic rings. The summed E-state index contributed by atoms with van der Waals surface area (Å²) in [6.07, 6.45) is 1.69. The first-order chi connectivity index (χ1) is 7.22. The molecular formula is C11H13N2NaO2. The summed E-state index contributed by atoms with van der Waals surface area (Å²) in [6.45, 7) is 1.88. The third-order valence-corrected chi connectivity index (χ3v) is 2.29. The van der Waals surface area contributed by atoms with E-state index in [0.717, 1.165) is 17.1 Å². The summed E-state index contributed by atoms with van der Waals surface area (Å²) >= 11 is 0. The molecule has 0 saturated carbocycles. The number of aromatic nitrogens is 2. The van der Waals surface area contributed by atoms with Crippen molar-refractivity contribution in [1.82, 2.24) is 9.55 Å². The van der Waals surface area contributed by atoms with Crippen LogP contribution in [0, 0.1) is 6.92 Å². The number of aryl methyl sites for hydroxylation is 1. The minimum atomic E-state index is -0.127. The van der Waals surface area contributed by atoms with Gasteiger partial charge in [-0.1, -0.05) is 0 Å². The Morgan fingerprint density at radius 3 is 2.31 bits per heavy atom. The number of benzene rings is 1. The van der Waals surface area contributed by atoms with Crippen LogP contribution in [0.4, 0.5) is 0 Å². The fourth-order valence-corrected chi connectivity index (χ4v) is 1.51. The Morgan fingerprint density at radius 2 is 1.88 bits per heavy atom. The second kappa shape index (κ2) is 5.39. The van der Waals surface area contributed by atoms with E-state index in [1.54, 1.807) is 17.9 Å². The number of nitrogens with zero attached hydrogens (tertiary/aromatic N) is 1. The summed E-state index contributed by atoms with van der Waals surface area (Å²) < 4.78 is 6.66. The number of aromatic amines is 1. The van der Waals surface area contributed by atoms with Crippen molar-refractivity contribution >= 4 is 29.6 Å². The van der Waals surface area contributed by atoms with Crippen molar-refractivity contribution < 1.29 is 4.74 Å². The molecule has 0 bridgehead atoms. The van der Waals surface area contributed by atoms with Crippen LogP contribution in [0.25, 0.3) is 5.69 Å². The molecule has 0 unspecified atom stereocenters. The van der Waals surface area contributed by atoms with Crippen molar-refractivity contribution in [2.24, 2.45) is 0 Å². The Bertz CT molecular complexity index is 514. The molecule has 0 radical (unpaired) electrons. The van der Waals surface area contributed by atoms with Crippen LogP contribution in [-0.4, -0.2) is 46.2 Å². The Morgan fingerprint density at radius 1 is 1.25 bits per heavy atom. The van der Waals surface area contributed by atoms with Gasteiger partial charge in [-0.2, -0.15) is 0 Å². The zero-order valence-corrected chi connectivity index (χ0v) is 8.65. The zero-order chi connectivity index (χ0) is 10.8.